The highest BCUT2D eigenvalue weighted by Crippen LogP contribution is 2.23. The lowest BCUT2D eigenvalue weighted by atomic mass is 9.89. The van der Waals surface area contributed by atoms with E-state index >= 15 is 0 Å². The Morgan fingerprint density at radius 1 is 1.29 bits per heavy atom. The summed E-state index contributed by atoms with van der Waals surface area (Å²) in [6, 6.07) is 0. The fourth-order valence-electron chi connectivity index (χ4n) is 2.17. The van der Waals surface area contributed by atoms with Gasteiger partial charge in [0.25, 0.3) is 5.91 Å². The lowest BCUT2D eigenvalue weighted by Gasteiger charge is -2.21. The van der Waals surface area contributed by atoms with E-state index in [1.807, 2.05) is 0 Å². The number of nitrogens with zero attached hydrogens (tertiary/aromatic N) is 2. The van der Waals surface area contributed by atoms with Gasteiger partial charge in [-0.2, -0.15) is 0 Å². The smallest absolute Gasteiger partial charge is 0.251 e. The monoisotopic (exact) mass is 234 g/mol. The molecule has 0 radical (unpaired) electrons. The first-order valence-corrected chi connectivity index (χ1v) is 6.11. The van der Waals surface area contributed by atoms with Crippen LogP contribution >= 0.6 is 0 Å². The quantitative estimate of drug-likeness (QED) is 0.828. The molecule has 92 valence electrons. The number of nitrogens with one attached hydrogen (secondary N) is 1. The normalized spacial score (nSPS) is 16.7. The number of rotatable bonds is 4. The summed E-state index contributed by atoms with van der Waals surface area (Å²) in [7, 11) is 0. The second-order valence-electron chi connectivity index (χ2n) is 4.54. The van der Waals surface area contributed by atoms with E-state index in [0.29, 0.717) is 11.5 Å². The molecule has 1 aromatic rings. The number of anilines is 1. The maximum Gasteiger partial charge on any atom is 0.251 e. The maximum absolute atomic E-state index is 10.8. The maximum atomic E-state index is 10.8. The number of hydrogen-bond acceptors (Lipinski definition) is 4. The highest BCUT2D eigenvalue weighted by atomic mass is 16.1. The third-order valence-corrected chi connectivity index (χ3v) is 3.21. The van der Waals surface area contributed by atoms with Gasteiger partial charge in [-0.3, -0.25) is 4.79 Å². The largest absolute Gasteiger partial charge is 0.366 e. The number of hydrogen-bond donors (Lipinski definition) is 2. The van der Waals surface area contributed by atoms with Crippen LogP contribution in [0.2, 0.25) is 0 Å². The zero-order valence-electron chi connectivity index (χ0n) is 9.85. The van der Waals surface area contributed by atoms with Gasteiger partial charge in [-0.15, -0.1) is 0 Å². The molecular weight excluding hydrogens is 216 g/mol. The summed E-state index contributed by atoms with van der Waals surface area (Å²) in [6.07, 6.45) is 9.50. The summed E-state index contributed by atoms with van der Waals surface area (Å²) in [5.74, 6) is 0.799. The standard InChI is InChI=1S/C12H18N4O/c13-11(17)10-7-15-12(16-8-10)14-6-9-4-2-1-3-5-9/h7-9H,1-6H2,(H2,13,17)(H,14,15,16). The number of primary amides is 1. The number of nitrogens with two attached hydrogens (primary N) is 1. The zero-order chi connectivity index (χ0) is 12.1. The van der Waals surface area contributed by atoms with Gasteiger partial charge in [0.15, 0.2) is 0 Å². The van der Waals surface area contributed by atoms with Crippen LogP contribution in [0, 0.1) is 5.92 Å². The van der Waals surface area contributed by atoms with E-state index in [1.54, 1.807) is 0 Å². The Morgan fingerprint density at radius 3 is 2.53 bits per heavy atom. The SMILES string of the molecule is NC(=O)c1cnc(NCC2CCCCC2)nc1. The average molecular weight is 234 g/mol. The van der Waals surface area contributed by atoms with E-state index in [1.165, 1.54) is 44.5 Å². The molecule has 2 rings (SSSR count). The summed E-state index contributed by atoms with van der Waals surface area (Å²) in [4.78, 5) is 19.0. The molecule has 1 heterocycles. The number of aromatic nitrogens is 2. The van der Waals surface area contributed by atoms with E-state index in [-0.39, 0.29) is 0 Å². The lowest BCUT2D eigenvalue weighted by molar-refractivity contribution is 0.0999. The molecule has 1 aromatic heterocycles. The van der Waals surface area contributed by atoms with Crippen LogP contribution in [0.1, 0.15) is 42.5 Å². The van der Waals surface area contributed by atoms with Gasteiger partial charge in [-0.05, 0) is 18.8 Å². The lowest BCUT2D eigenvalue weighted by Crippen LogP contribution is -2.18. The van der Waals surface area contributed by atoms with Gasteiger partial charge in [0, 0.05) is 18.9 Å². The van der Waals surface area contributed by atoms with Crippen LogP contribution in [0.4, 0.5) is 5.95 Å². The molecule has 3 N–H and O–H groups in total. The fraction of sp³-hybridized carbons (Fsp3) is 0.583. The predicted molar refractivity (Wildman–Crippen MR) is 65.6 cm³/mol. The Balaban J connectivity index is 1.84. The molecule has 0 saturated heterocycles. The molecule has 0 aliphatic heterocycles. The van der Waals surface area contributed by atoms with Crippen molar-refractivity contribution in [2.75, 3.05) is 11.9 Å². The summed E-state index contributed by atoms with van der Waals surface area (Å²) in [5, 5.41) is 3.21. The molecule has 0 bridgehead atoms. The predicted octanol–water partition coefficient (Wildman–Crippen LogP) is 1.57. The molecule has 0 atom stereocenters. The van der Waals surface area contributed by atoms with Gasteiger partial charge in [0.1, 0.15) is 0 Å². The molecule has 1 amide bonds. The summed E-state index contributed by atoms with van der Waals surface area (Å²) < 4.78 is 0. The highest BCUT2D eigenvalue weighted by Gasteiger charge is 2.13. The number of carbonyl (C=O) groups excluding carboxylic acids is 1. The Kier molecular flexibility index (Phi) is 3.90. The molecule has 5 nitrogen and oxygen atoms in total. The molecule has 17 heavy (non-hydrogen) atoms. The van der Waals surface area contributed by atoms with Crippen LogP contribution in [0.15, 0.2) is 12.4 Å². The third-order valence-electron chi connectivity index (χ3n) is 3.21. The van der Waals surface area contributed by atoms with E-state index in [0.717, 1.165) is 12.5 Å². The third kappa shape index (κ3) is 3.41. The molecule has 0 aromatic carbocycles. The van der Waals surface area contributed by atoms with Gasteiger partial charge in [0.2, 0.25) is 5.95 Å². The summed E-state index contributed by atoms with van der Waals surface area (Å²) in [5.41, 5.74) is 5.46. The van der Waals surface area contributed by atoms with Crippen molar-refractivity contribution in [1.82, 2.24) is 9.97 Å². The minimum atomic E-state index is -0.496. The van der Waals surface area contributed by atoms with Crippen LogP contribution < -0.4 is 11.1 Å². The summed E-state index contributed by atoms with van der Waals surface area (Å²) >= 11 is 0. The van der Waals surface area contributed by atoms with E-state index in [2.05, 4.69) is 15.3 Å². The second-order valence-corrected chi connectivity index (χ2v) is 4.54. The van der Waals surface area contributed by atoms with Gasteiger partial charge < -0.3 is 11.1 Å². The first kappa shape index (κ1) is 11.8. The van der Waals surface area contributed by atoms with Crippen LogP contribution in [-0.2, 0) is 0 Å². The van der Waals surface area contributed by atoms with E-state index < -0.39 is 5.91 Å². The number of amides is 1. The molecule has 1 saturated carbocycles. The van der Waals surface area contributed by atoms with Crippen molar-refractivity contribution in [3.63, 3.8) is 0 Å². The zero-order valence-corrected chi connectivity index (χ0v) is 9.85. The second kappa shape index (κ2) is 5.61. The Bertz CT molecular complexity index is 371. The van der Waals surface area contributed by atoms with Gasteiger partial charge in [-0.1, -0.05) is 19.3 Å². The molecule has 1 aliphatic carbocycles. The van der Waals surface area contributed by atoms with Crippen LogP contribution in [0.25, 0.3) is 0 Å². The van der Waals surface area contributed by atoms with Crippen molar-refractivity contribution in [2.24, 2.45) is 11.7 Å². The molecule has 1 fully saturated rings. The molecule has 1 aliphatic rings. The Morgan fingerprint density at radius 2 is 1.94 bits per heavy atom. The van der Waals surface area contributed by atoms with Crippen molar-refractivity contribution < 1.29 is 4.79 Å². The van der Waals surface area contributed by atoms with Gasteiger partial charge in [0.05, 0.1) is 5.56 Å². The average Bonchev–Trinajstić information content (AvgIpc) is 2.38. The van der Waals surface area contributed by atoms with Gasteiger partial charge >= 0.3 is 0 Å². The van der Waals surface area contributed by atoms with E-state index in [9.17, 15) is 4.79 Å². The van der Waals surface area contributed by atoms with Crippen molar-refractivity contribution in [2.45, 2.75) is 32.1 Å². The van der Waals surface area contributed by atoms with Crippen LogP contribution in [0.5, 0.6) is 0 Å². The molecule has 0 spiro atoms. The van der Waals surface area contributed by atoms with Crippen molar-refractivity contribution in [3.8, 4) is 0 Å². The Labute approximate surface area is 101 Å². The highest BCUT2D eigenvalue weighted by molar-refractivity contribution is 5.92. The van der Waals surface area contributed by atoms with Crippen molar-refractivity contribution >= 4 is 11.9 Å². The van der Waals surface area contributed by atoms with Crippen molar-refractivity contribution in [1.29, 1.82) is 0 Å². The van der Waals surface area contributed by atoms with E-state index in [4.69, 9.17) is 5.73 Å². The van der Waals surface area contributed by atoms with Crippen LogP contribution in [0.3, 0.4) is 0 Å². The minimum absolute atomic E-state index is 0.341. The van der Waals surface area contributed by atoms with Crippen LogP contribution in [-0.4, -0.2) is 22.4 Å². The fourth-order valence-corrected chi connectivity index (χ4v) is 2.17. The first-order chi connectivity index (χ1) is 8.25. The van der Waals surface area contributed by atoms with Gasteiger partial charge in [-0.25, -0.2) is 9.97 Å². The first-order valence-electron chi connectivity index (χ1n) is 6.11. The Hall–Kier alpha value is -1.65. The summed E-state index contributed by atoms with van der Waals surface area (Å²) in [6.45, 7) is 0.913. The molecular formula is C12H18N4O. The topological polar surface area (TPSA) is 80.9 Å². The van der Waals surface area contributed by atoms with Crippen molar-refractivity contribution in [3.05, 3.63) is 18.0 Å². The molecule has 0 unspecified atom stereocenters. The number of carbonyl (C=O) groups is 1. The molecule has 5 heteroatoms. The minimum Gasteiger partial charge on any atom is -0.366 e.